The number of halogens is 3. The number of anilines is 2. The minimum Gasteiger partial charge on any atom is -0.497 e. The molecule has 2 N–H and O–H groups in total. The maximum absolute atomic E-state index is 12.9. The number of amides is 2. The molecule has 2 amide bonds. The SMILES string of the molecule is COc1ccc(OC)c(NC(=O)CC(=O)Nc2ccccc2C(F)(F)F)c1. The molecule has 2 aromatic carbocycles. The highest BCUT2D eigenvalue weighted by Crippen LogP contribution is 2.34. The molecule has 6 nitrogen and oxygen atoms in total. The van der Waals surface area contributed by atoms with Gasteiger partial charge in [-0.2, -0.15) is 13.2 Å². The standard InChI is InChI=1S/C18H17F3N2O4/c1-26-11-7-8-15(27-2)14(9-11)23-17(25)10-16(24)22-13-6-4-3-5-12(13)18(19,20)21/h3-9H,10H2,1-2H3,(H,22,24)(H,23,25). The van der Waals surface area contributed by atoms with Crippen molar-refractivity contribution in [1.29, 1.82) is 0 Å². The largest absolute Gasteiger partial charge is 0.497 e. The molecular formula is C18H17F3N2O4. The van der Waals surface area contributed by atoms with E-state index in [2.05, 4.69) is 10.6 Å². The Morgan fingerprint density at radius 1 is 0.926 bits per heavy atom. The summed E-state index contributed by atoms with van der Waals surface area (Å²) < 4.78 is 49.0. The molecule has 0 bridgehead atoms. The molecule has 0 radical (unpaired) electrons. The van der Waals surface area contributed by atoms with Gasteiger partial charge in [0.2, 0.25) is 11.8 Å². The highest BCUT2D eigenvalue weighted by molar-refractivity contribution is 6.08. The molecule has 0 atom stereocenters. The van der Waals surface area contributed by atoms with Crippen LogP contribution in [0.15, 0.2) is 42.5 Å². The minimum atomic E-state index is -4.62. The van der Waals surface area contributed by atoms with E-state index in [0.29, 0.717) is 11.5 Å². The summed E-state index contributed by atoms with van der Waals surface area (Å²) in [5, 5.41) is 4.58. The molecule has 0 unspecified atom stereocenters. The van der Waals surface area contributed by atoms with Crippen molar-refractivity contribution in [3.63, 3.8) is 0 Å². The molecule has 27 heavy (non-hydrogen) atoms. The lowest BCUT2D eigenvalue weighted by atomic mass is 10.1. The van der Waals surface area contributed by atoms with Gasteiger partial charge in [-0.1, -0.05) is 12.1 Å². The quantitative estimate of drug-likeness (QED) is 0.747. The Kier molecular flexibility index (Phi) is 6.27. The molecule has 0 aliphatic rings. The Bertz CT molecular complexity index is 838. The van der Waals surface area contributed by atoms with Crippen LogP contribution in [-0.2, 0) is 15.8 Å². The van der Waals surface area contributed by atoms with Gasteiger partial charge >= 0.3 is 6.18 Å². The van der Waals surface area contributed by atoms with Gasteiger partial charge in [0.05, 0.1) is 31.2 Å². The predicted octanol–water partition coefficient (Wildman–Crippen LogP) is 3.69. The van der Waals surface area contributed by atoms with Crippen molar-refractivity contribution in [2.45, 2.75) is 12.6 Å². The molecule has 9 heteroatoms. The second kappa shape index (κ2) is 8.43. The van der Waals surface area contributed by atoms with Crippen molar-refractivity contribution in [2.24, 2.45) is 0 Å². The van der Waals surface area contributed by atoms with Gasteiger partial charge < -0.3 is 20.1 Å². The fourth-order valence-electron chi connectivity index (χ4n) is 2.29. The van der Waals surface area contributed by atoms with Gasteiger partial charge in [-0.3, -0.25) is 9.59 Å². The van der Waals surface area contributed by atoms with E-state index < -0.39 is 35.7 Å². The average molecular weight is 382 g/mol. The van der Waals surface area contributed by atoms with Crippen LogP contribution in [0.25, 0.3) is 0 Å². The van der Waals surface area contributed by atoms with E-state index in [0.717, 1.165) is 12.1 Å². The number of para-hydroxylation sites is 1. The van der Waals surface area contributed by atoms with Crippen LogP contribution in [0.3, 0.4) is 0 Å². The molecule has 0 saturated carbocycles. The first-order valence-electron chi connectivity index (χ1n) is 7.72. The van der Waals surface area contributed by atoms with Crippen LogP contribution in [0.2, 0.25) is 0 Å². The molecule has 0 aromatic heterocycles. The molecule has 0 heterocycles. The van der Waals surface area contributed by atoms with Crippen LogP contribution in [-0.4, -0.2) is 26.0 Å². The first-order valence-corrected chi connectivity index (χ1v) is 7.72. The van der Waals surface area contributed by atoms with Crippen molar-refractivity contribution in [1.82, 2.24) is 0 Å². The lowest BCUT2D eigenvalue weighted by molar-refractivity contribution is -0.137. The number of hydrogen-bond donors (Lipinski definition) is 2. The van der Waals surface area contributed by atoms with E-state index in [1.54, 1.807) is 12.1 Å². The van der Waals surface area contributed by atoms with Gasteiger partial charge in [0, 0.05) is 6.07 Å². The monoisotopic (exact) mass is 382 g/mol. The molecule has 0 aliphatic heterocycles. The Labute approximate surface area is 153 Å². The Morgan fingerprint density at radius 2 is 1.56 bits per heavy atom. The number of carbonyl (C=O) groups is 2. The normalized spacial score (nSPS) is 10.9. The second-order valence-electron chi connectivity index (χ2n) is 5.38. The molecule has 0 fully saturated rings. The Morgan fingerprint density at radius 3 is 2.15 bits per heavy atom. The van der Waals surface area contributed by atoms with Gasteiger partial charge in [-0.15, -0.1) is 0 Å². The molecular weight excluding hydrogens is 365 g/mol. The zero-order chi connectivity index (χ0) is 20.0. The first kappa shape index (κ1) is 20.1. The molecule has 144 valence electrons. The number of methoxy groups -OCH3 is 2. The summed E-state index contributed by atoms with van der Waals surface area (Å²) in [6, 6.07) is 9.20. The van der Waals surface area contributed by atoms with Crippen molar-refractivity contribution < 1.29 is 32.2 Å². The maximum Gasteiger partial charge on any atom is 0.418 e. The number of benzene rings is 2. The van der Waals surface area contributed by atoms with E-state index in [4.69, 9.17) is 9.47 Å². The minimum absolute atomic E-state index is 0.269. The maximum atomic E-state index is 12.9. The Balaban J connectivity index is 2.06. The summed E-state index contributed by atoms with van der Waals surface area (Å²) in [5.41, 5.74) is -1.14. The Hall–Kier alpha value is -3.23. The van der Waals surface area contributed by atoms with Crippen LogP contribution in [0, 0.1) is 0 Å². The summed E-state index contributed by atoms with van der Waals surface area (Å²) in [6.07, 6.45) is -5.30. The van der Waals surface area contributed by atoms with Crippen molar-refractivity contribution in [2.75, 3.05) is 24.9 Å². The van der Waals surface area contributed by atoms with Crippen molar-refractivity contribution >= 4 is 23.2 Å². The highest BCUT2D eigenvalue weighted by atomic mass is 19.4. The zero-order valence-corrected chi connectivity index (χ0v) is 14.5. The van der Waals surface area contributed by atoms with E-state index in [1.807, 2.05) is 0 Å². The van der Waals surface area contributed by atoms with E-state index in [9.17, 15) is 22.8 Å². The van der Waals surface area contributed by atoms with Crippen LogP contribution in [0.5, 0.6) is 11.5 Å². The smallest absolute Gasteiger partial charge is 0.418 e. The molecule has 0 saturated heterocycles. The molecule has 2 aromatic rings. The third-order valence-electron chi connectivity index (χ3n) is 3.51. The van der Waals surface area contributed by atoms with E-state index in [1.165, 1.54) is 32.4 Å². The van der Waals surface area contributed by atoms with Crippen molar-refractivity contribution in [3.05, 3.63) is 48.0 Å². The number of carbonyl (C=O) groups excluding carboxylic acids is 2. The summed E-state index contributed by atoms with van der Waals surface area (Å²) in [5.74, 6) is -0.809. The van der Waals surface area contributed by atoms with E-state index in [-0.39, 0.29) is 5.69 Å². The molecule has 0 spiro atoms. The molecule has 0 aliphatic carbocycles. The van der Waals surface area contributed by atoms with Gasteiger partial charge in [-0.05, 0) is 24.3 Å². The van der Waals surface area contributed by atoms with Crippen LogP contribution in [0.4, 0.5) is 24.5 Å². The third-order valence-corrected chi connectivity index (χ3v) is 3.51. The summed E-state index contributed by atoms with van der Waals surface area (Å²) in [7, 11) is 2.84. The highest BCUT2D eigenvalue weighted by Gasteiger charge is 2.33. The fourth-order valence-corrected chi connectivity index (χ4v) is 2.29. The van der Waals surface area contributed by atoms with Crippen LogP contribution < -0.4 is 20.1 Å². The number of alkyl halides is 3. The predicted molar refractivity (Wildman–Crippen MR) is 92.9 cm³/mol. The summed E-state index contributed by atoms with van der Waals surface area (Å²) >= 11 is 0. The number of nitrogens with one attached hydrogen (secondary N) is 2. The lowest BCUT2D eigenvalue weighted by Gasteiger charge is -2.14. The number of rotatable bonds is 6. The molecule has 2 rings (SSSR count). The summed E-state index contributed by atoms with van der Waals surface area (Å²) in [6.45, 7) is 0. The second-order valence-corrected chi connectivity index (χ2v) is 5.38. The van der Waals surface area contributed by atoms with Gasteiger partial charge in [0.15, 0.2) is 0 Å². The average Bonchev–Trinajstić information content (AvgIpc) is 2.60. The van der Waals surface area contributed by atoms with Gasteiger partial charge in [0.25, 0.3) is 0 Å². The fraction of sp³-hybridized carbons (Fsp3) is 0.222. The lowest BCUT2D eigenvalue weighted by Crippen LogP contribution is -2.23. The first-order chi connectivity index (χ1) is 12.7. The summed E-state index contributed by atoms with van der Waals surface area (Å²) in [4.78, 5) is 24.0. The topological polar surface area (TPSA) is 76.7 Å². The van der Waals surface area contributed by atoms with Gasteiger partial charge in [-0.25, -0.2) is 0 Å². The number of ether oxygens (including phenoxy) is 2. The van der Waals surface area contributed by atoms with Crippen LogP contribution >= 0.6 is 0 Å². The van der Waals surface area contributed by atoms with Gasteiger partial charge in [0.1, 0.15) is 17.9 Å². The zero-order valence-electron chi connectivity index (χ0n) is 14.5. The number of hydrogen-bond acceptors (Lipinski definition) is 4. The van der Waals surface area contributed by atoms with E-state index >= 15 is 0 Å². The third kappa shape index (κ3) is 5.37. The van der Waals surface area contributed by atoms with Crippen molar-refractivity contribution in [3.8, 4) is 11.5 Å². The van der Waals surface area contributed by atoms with Crippen LogP contribution in [0.1, 0.15) is 12.0 Å².